The minimum atomic E-state index is -0.248. The van der Waals surface area contributed by atoms with Crippen molar-refractivity contribution in [1.29, 1.82) is 0 Å². The molecule has 0 atom stereocenters. The zero-order valence-electron chi connectivity index (χ0n) is 12.9. The fourth-order valence-corrected chi connectivity index (χ4v) is 2.23. The molecule has 0 spiro atoms. The van der Waals surface area contributed by atoms with Crippen molar-refractivity contribution >= 4 is 23.4 Å². The second-order valence-electron chi connectivity index (χ2n) is 5.31. The molecule has 0 aliphatic rings. The SMILES string of the molecule is Cc1ccc(CC(=O)NCC(=O)NCc2ccccc2Cl)cc1. The molecule has 0 fully saturated rings. The Kier molecular flexibility index (Phi) is 6.18. The Balaban J connectivity index is 1.72. The van der Waals surface area contributed by atoms with Gasteiger partial charge in [-0.2, -0.15) is 0 Å². The average Bonchev–Trinajstić information content (AvgIpc) is 2.54. The lowest BCUT2D eigenvalue weighted by Crippen LogP contribution is -2.37. The number of rotatable bonds is 6. The molecule has 2 N–H and O–H groups in total. The van der Waals surface area contributed by atoms with Crippen LogP contribution in [-0.2, 0) is 22.6 Å². The van der Waals surface area contributed by atoms with Gasteiger partial charge < -0.3 is 10.6 Å². The summed E-state index contributed by atoms with van der Waals surface area (Å²) < 4.78 is 0. The van der Waals surface area contributed by atoms with Crippen molar-refractivity contribution in [2.75, 3.05) is 6.54 Å². The maximum atomic E-state index is 11.8. The van der Waals surface area contributed by atoms with Crippen molar-refractivity contribution < 1.29 is 9.59 Å². The zero-order chi connectivity index (χ0) is 16.7. The summed E-state index contributed by atoms with van der Waals surface area (Å²) in [6, 6.07) is 15.0. The van der Waals surface area contributed by atoms with Gasteiger partial charge in [0.15, 0.2) is 0 Å². The topological polar surface area (TPSA) is 58.2 Å². The van der Waals surface area contributed by atoms with Gasteiger partial charge in [0.1, 0.15) is 0 Å². The number of aryl methyl sites for hydroxylation is 1. The van der Waals surface area contributed by atoms with E-state index in [0.29, 0.717) is 11.6 Å². The molecule has 0 unspecified atom stereocenters. The first-order valence-corrected chi connectivity index (χ1v) is 7.75. The van der Waals surface area contributed by atoms with E-state index in [0.717, 1.165) is 16.7 Å². The molecular weight excluding hydrogens is 312 g/mol. The van der Waals surface area contributed by atoms with Gasteiger partial charge in [0.25, 0.3) is 0 Å². The number of benzene rings is 2. The third-order valence-corrected chi connectivity index (χ3v) is 3.73. The number of amides is 2. The van der Waals surface area contributed by atoms with E-state index < -0.39 is 0 Å². The first-order valence-electron chi connectivity index (χ1n) is 7.37. The number of carbonyl (C=O) groups is 2. The third-order valence-electron chi connectivity index (χ3n) is 3.37. The summed E-state index contributed by atoms with van der Waals surface area (Å²) in [5, 5.41) is 5.95. The molecule has 2 amide bonds. The normalized spacial score (nSPS) is 10.2. The minimum absolute atomic E-state index is 0.0465. The Morgan fingerprint density at radius 3 is 2.35 bits per heavy atom. The van der Waals surface area contributed by atoms with Crippen molar-refractivity contribution in [3.8, 4) is 0 Å². The van der Waals surface area contributed by atoms with Crippen molar-refractivity contribution in [1.82, 2.24) is 10.6 Å². The third kappa shape index (κ3) is 5.75. The second-order valence-corrected chi connectivity index (χ2v) is 5.71. The Labute approximate surface area is 140 Å². The lowest BCUT2D eigenvalue weighted by molar-refractivity contribution is -0.125. The number of carbonyl (C=O) groups excluding carboxylic acids is 2. The van der Waals surface area contributed by atoms with Gasteiger partial charge in [-0.15, -0.1) is 0 Å². The monoisotopic (exact) mass is 330 g/mol. The molecule has 0 bridgehead atoms. The average molecular weight is 331 g/mol. The first kappa shape index (κ1) is 17.0. The maximum Gasteiger partial charge on any atom is 0.239 e. The molecule has 120 valence electrons. The van der Waals surface area contributed by atoms with E-state index in [4.69, 9.17) is 11.6 Å². The van der Waals surface area contributed by atoms with Crippen molar-refractivity contribution in [2.24, 2.45) is 0 Å². The second kappa shape index (κ2) is 8.34. The molecule has 0 saturated carbocycles. The fraction of sp³-hybridized carbons (Fsp3) is 0.222. The first-order chi connectivity index (χ1) is 11.0. The van der Waals surface area contributed by atoms with Crippen molar-refractivity contribution in [2.45, 2.75) is 19.9 Å². The number of nitrogens with one attached hydrogen (secondary N) is 2. The van der Waals surface area contributed by atoms with Crippen LogP contribution in [0.5, 0.6) is 0 Å². The summed E-state index contributed by atoms with van der Waals surface area (Å²) in [5.41, 5.74) is 2.91. The Hall–Kier alpha value is -2.33. The standard InChI is InChI=1S/C18H19ClN2O2/c1-13-6-8-14(9-7-13)10-17(22)21-12-18(23)20-11-15-4-2-3-5-16(15)19/h2-9H,10-12H2,1H3,(H,20,23)(H,21,22). The van der Waals surface area contributed by atoms with E-state index in [-0.39, 0.29) is 24.8 Å². The molecule has 0 aliphatic heterocycles. The molecule has 4 nitrogen and oxygen atoms in total. The van der Waals surface area contributed by atoms with Crippen LogP contribution in [0.2, 0.25) is 5.02 Å². The summed E-state index contributed by atoms with van der Waals surface area (Å²) in [6.45, 7) is 2.29. The quantitative estimate of drug-likeness (QED) is 0.855. The highest BCUT2D eigenvalue weighted by Gasteiger charge is 2.07. The van der Waals surface area contributed by atoms with Crippen LogP contribution in [0.4, 0.5) is 0 Å². The summed E-state index contributed by atoms with van der Waals surface area (Å²) in [6.07, 6.45) is 0.262. The van der Waals surface area contributed by atoms with Crippen LogP contribution in [0.25, 0.3) is 0 Å². The van der Waals surface area contributed by atoms with Gasteiger partial charge in [-0.1, -0.05) is 59.6 Å². The largest absolute Gasteiger partial charge is 0.350 e. The molecule has 0 radical (unpaired) electrons. The van der Waals surface area contributed by atoms with Gasteiger partial charge in [-0.3, -0.25) is 9.59 Å². The molecular formula is C18H19ClN2O2. The zero-order valence-corrected chi connectivity index (χ0v) is 13.7. The maximum absolute atomic E-state index is 11.8. The van der Waals surface area contributed by atoms with Crippen LogP contribution in [0, 0.1) is 6.92 Å². The van der Waals surface area contributed by atoms with Gasteiger partial charge in [0.05, 0.1) is 13.0 Å². The van der Waals surface area contributed by atoms with Gasteiger partial charge in [-0.25, -0.2) is 0 Å². The molecule has 2 aromatic rings. The van der Waals surface area contributed by atoms with Crippen LogP contribution in [-0.4, -0.2) is 18.4 Å². The highest BCUT2D eigenvalue weighted by molar-refractivity contribution is 6.31. The van der Waals surface area contributed by atoms with E-state index >= 15 is 0 Å². The lowest BCUT2D eigenvalue weighted by atomic mass is 10.1. The van der Waals surface area contributed by atoms with Crippen LogP contribution in [0.3, 0.4) is 0 Å². The van der Waals surface area contributed by atoms with Crippen LogP contribution in [0.15, 0.2) is 48.5 Å². The highest BCUT2D eigenvalue weighted by Crippen LogP contribution is 2.14. The van der Waals surface area contributed by atoms with Crippen molar-refractivity contribution in [3.05, 3.63) is 70.2 Å². The summed E-state index contributed by atoms with van der Waals surface area (Å²) in [7, 11) is 0. The van der Waals surface area contributed by atoms with E-state index in [1.165, 1.54) is 0 Å². The highest BCUT2D eigenvalue weighted by atomic mass is 35.5. The molecule has 0 heterocycles. The fourth-order valence-electron chi connectivity index (χ4n) is 2.03. The van der Waals surface area contributed by atoms with E-state index in [9.17, 15) is 9.59 Å². The van der Waals surface area contributed by atoms with Crippen LogP contribution in [0.1, 0.15) is 16.7 Å². The van der Waals surface area contributed by atoms with Crippen molar-refractivity contribution in [3.63, 3.8) is 0 Å². The molecule has 5 heteroatoms. The lowest BCUT2D eigenvalue weighted by Gasteiger charge is -2.08. The summed E-state index contributed by atoms with van der Waals surface area (Å²) in [4.78, 5) is 23.6. The molecule has 0 saturated heterocycles. The van der Waals surface area contributed by atoms with Gasteiger partial charge in [-0.05, 0) is 24.1 Å². The predicted molar refractivity (Wildman–Crippen MR) is 91.2 cm³/mol. The molecule has 2 rings (SSSR count). The Bertz CT molecular complexity index is 684. The summed E-state index contributed by atoms with van der Waals surface area (Å²) in [5.74, 6) is -0.427. The Morgan fingerprint density at radius 2 is 1.65 bits per heavy atom. The smallest absolute Gasteiger partial charge is 0.239 e. The minimum Gasteiger partial charge on any atom is -0.350 e. The summed E-state index contributed by atoms with van der Waals surface area (Å²) >= 11 is 6.02. The number of hydrogen-bond donors (Lipinski definition) is 2. The molecule has 0 aliphatic carbocycles. The molecule has 2 aromatic carbocycles. The van der Waals surface area contributed by atoms with Crippen LogP contribution < -0.4 is 10.6 Å². The van der Waals surface area contributed by atoms with E-state index in [1.54, 1.807) is 6.07 Å². The van der Waals surface area contributed by atoms with E-state index in [2.05, 4.69) is 10.6 Å². The van der Waals surface area contributed by atoms with Gasteiger partial charge in [0.2, 0.25) is 11.8 Å². The van der Waals surface area contributed by atoms with Crippen LogP contribution >= 0.6 is 11.6 Å². The number of hydrogen-bond acceptors (Lipinski definition) is 2. The Morgan fingerprint density at radius 1 is 0.957 bits per heavy atom. The molecule has 0 aromatic heterocycles. The number of halogens is 1. The predicted octanol–water partition coefficient (Wildman–Crippen LogP) is 2.62. The van der Waals surface area contributed by atoms with Gasteiger partial charge in [0, 0.05) is 11.6 Å². The molecule has 23 heavy (non-hydrogen) atoms. The van der Waals surface area contributed by atoms with E-state index in [1.807, 2.05) is 49.4 Å². The van der Waals surface area contributed by atoms with Gasteiger partial charge >= 0.3 is 0 Å².